The number of benzene rings is 1. The largest absolute Gasteiger partial charge is 0.487 e. The van der Waals surface area contributed by atoms with Gasteiger partial charge in [-0.2, -0.15) is 0 Å². The molecule has 1 aromatic heterocycles. The van der Waals surface area contributed by atoms with Gasteiger partial charge in [0.05, 0.1) is 20.7 Å². The minimum Gasteiger partial charge on any atom is -0.487 e. The summed E-state index contributed by atoms with van der Waals surface area (Å²) in [6.45, 7) is 3.35. The van der Waals surface area contributed by atoms with E-state index in [0.29, 0.717) is 27.0 Å². The van der Waals surface area contributed by atoms with Crippen LogP contribution in [0.4, 0.5) is 10.1 Å². The first-order valence-electron chi connectivity index (χ1n) is 6.07. The van der Waals surface area contributed by atoms with Crippen molar-refractivity contribution < 1.29 is 14.1 Å². The Balaban J connectivity index is 2.22. The summed E-state index contributed by atoms with van der Waals surface area (Å²) in [5, 5.41) is 11.0. The van der Waals surface area contributed by atoms with Gasteiger partial charge in [0.1, 0.15) is 18.2 Å². The van der Waals surface area contributed by atoms with Gasteiger partial charge in [0, 0.05) is 11.8 Å². The molecular weight excluding hydrogens is 343 g/mol. The zero-order chi connectivity index (χ0) is 15.6. The van der Waals surface area contributed by atoms with Crippen LogP contribution in [0, 0.1) is 29.8 Å². The number of halogens is 2. The van der Waals surface area contributed by atoms with Gasteiger partial charge < -0.3 is 4.74 Å². The second-order valence-electron chi connectivity index (χ2n) is 4.48. The highest BCUT2D eigenvalue weighted by Gasteiger charge is 2.18. The molecule has 0 atom stereocenters. The third-order valence-corrected chi connectivity index (χ3v) is 3.63. The summed E-state index contributed by atoms with van der Waals surface area (Å²) in [5.41, 5.74) is 1.50. The van der Waals surface area contributed by atoms with E-state index in [2.05, 4.69) is 20.9 Å². The number of nitrogens with zero attached hydrogens (tertiary/aromatic N) is 2. The molecule has 0 amide bonds. The van der Waals surface area contributed by atoms with Crippen molar-refractivity contribution in [1.29, 1.82) is 0 Å². The molecule has 0 unspecified atom stereocenters. The van der Waals surface area contributed by atoms with E-state index in [4.69, 9.17) is 4.74 Å². The SMILES string of the molecule is Cc1cnc(COc2ccc(F)c(Br)c2)c(C)c1[N+](=O)[O-]. The highest BCUT2D eigenvalue weighted by molar-refractivity contribution is 9.10. The monoisotopic (exact) mass is 354 g/mol. The molecule has 2 rings (SSSR count). The number of ether oxygens (including phenoxy) is 1. The minimum absolute atomic E-state index is 0.0453. The number of hydrogen-bond acceptors (Lipinski definition) is 4. The average molecular weight is 355 g/mol. The first-order chi connectivity index (χ1) is 9.90. The normalized spacial score (nSPS) is 10.5. The Kier molecular flexibility index (Phi) is 4.52. The highest BCUT2D eigenvalue weighted by Crippen LogP contribution is 2.26. The van der Waals surface area contributed by atoms with Crippen molar-refractivity contribution in [3.8, 4) is 5.75 Å². The molecule has 2 aromatic rings. The Labute approximate surface area is 129 Å². The van der Waals surface area contributed by atoms with Gasteiger partial charge in [-0.1, -0.05) is 0 Å². The molecule has 110 valence electrons. The molecule has 0 aliphatic carbocycles. The summed E-state index contributed by atoms with van der Waals surface area (Å²) in [7, 11) is 0. The van der Waals surface area contributed by atoms with Crippen LogP contribution in [0.2, 0.25) is 0 Å². The Morgan fingerprint density at radius 3 is 2.76 bits per heavy atom. The lowest BCUT2D eigenvalue weighted by Crippen LogP contribution is -2.05. The van der Waals surface area contributed by atoms with E-state index in [1.54, 1.807) is 13.8 Å². The summed E-state index contributed by atoms with van der Waals surface area (Å²) in [6, 6.07) is 4.25. The number of aromatic nitrogens is 1. The van der Waals surface area contributed by atoms with Crippen molar-refractivity contribution in [2.45, 2.75) is 20.5 Å². The minimum atomic E-state index is -0.426. The van der Waals surface area contributed by atoms with E-state index < -0.39 is 4.92 Å². The standard InChI is InChI=1S/C14H12BrFN2O3/c1-8-6-17-13(9(2)14(8)18(19)20)7-21-10-3-4-12(16)11(15)5-10/h3-6H,7H2,1-2H3. The molecule has 5 nitrogen and oxygen atoms in total. The average Bonchev–Trinajstić information content (AvgIpc) is 2.41. The molecule has 0 saturated carbocycles. The van der Waals surface area contributed by atoms with Gasteiger partial charge in [-0.3, -0.25) is 15.1 Å². The number of hydrogen-bond donors (Lipinski definition) is 0. The number of aryl methyl sites for hydroxylation is 1. The van der Waals surface area contributed by atoms with Crippen molar-refractivity contribution in [2.75, 3.05) is 0 Å². The molecule has 1 aromatic carbocycles. The maximum atomic E-state index is 13.1. The van der Waals surface area contributed by atoms with Crippen molar-refractivity contribution in [1.82, 2.24) is 4.98 Å². The van der Waals surface area contributed by atoms with Crippen LogP contribution >= 0.6 is 15.9 Å². The smallest absolute Gasteiger partial charge is 0.278 e. The summed E-state index contributed by atoms with van der Waals surface area (Å²) >= 11 is 3.07. The third-order valence-electron chi connectivity index (χ3n) is 3.02. The van der Waals surface area contributed by atoms with Crippen LogP contribution in [0.3, 0.4) is 0 Å². The van der Waals surface area contributed by atoms with Crippen LogP contribution < -0.4 is 4.74 Å². The molecule has 7 heteroatoms. The molecule has 0 N–H and O–H groups in total. The van der Waals surface area contributed by atoms with Crippen molar-refractivity contribution in [2.24, 2.45) is 0 Å². The van der Waals surface area contributed by atoms with Gasteiger partial charge in [-0.15, -0.1) is 0 Å². The maximum Gasteiger partial charge on any atom is 0.278 e. The second kappa shape index (κ2) is 6.17. The van der Waals surface area contributed by atoms with E-state index in [0.717, 1.165) is 0 Å². The fourth-order valence-corrected chi connectivity index (χ4v) is 2.27. The fraction of sp³-hybridized carbons (Fsp3) is 0.214. The first-order valence-corrected chi connectivity index (χ1v) is 6.86. The number of pyridine rings is 1. The van der Waals surface area contributed by atoms with E-state index >= 15 is 0 Å². The molecule has 0 aliphatic heterocycles. The molecule has 0 spiro atoms. The first kappa shape index (κ1) is 15.4. The Morgan fingerprint density at radius 2 is 2.14 bits per heavy atom. The van der Waals surface area contributed by atoms with E-state index in [9.17, 15) is 14.5 Å². The van der Waals surface area contributed by atoms with Crippen LogP contribution in [-0.4, -0.2) is 9.91 Å². The summed E-state index contributed by atoms with van der Waals surface area (Å²) in [5.74, 6) is 0.0651. The molecule has 0 saturated heterocycles. The zero-order valence-electron chi connectivity index (χ0n) is 11.4. The molecular formula is C14H12BrFN2O3. The zero-order valence-corrected chi connectivity index (χ0v) is 13.0. The number of nitro groups is 1. The van der Waals surface area contributed by atoms with Crippen molar-refractivity contribution in [3.05, 3.63) is 61.6 Å². The Morgan fingerprint density at radius 1 is 1.43 bits per heavy atom. The Hall–Kier alpha value is -2.02. The van der Waals surface area contributed by atoms with Gasteiger partial charge in [-0.05, 0) is 48.0 Å². The second-order valence-corrected chi connectivity index (χ2v) is 5.34. The van der Waals surface area contributed by atoms with Gasteiger partial charge in [0.15, 0.2) is 0 Å². The topological polar surface area (TPSA) is 65.3 Å². The molecule has 21 heavy (non-hydrogen) atoms. The number of rotatable bonds is 4. The maximum absolute atomic E-state index is 13.1. The lowest BCUT2D eigenvalue weighted by Gasteiger charge is -2.10. The van der Waals surface area contributed by atoms with Gasteiger partial charge in [0.2, 0.25) is 0 Å². The highest BCUT2D eigenvalue weighted by atomic mass is 79.9. The quantitative estimate of drug-likeness (QED) is 0.612. The molecule has 0 bridgehead atoms. The lowest BCUT2D eigenvalue weighted by molar-refractivity contribution is -0.386. The fourth-order valence-electron chi connectivity index (χ4n) is 1.91. The molecule has 0 fully saturated rings. The Bertz CT molecular complexity index is 707. The predicted molar refractivity (Wildman–Crippen MR) is 78.8 cm³/mol. The van der Waals surface area contributed by atoms with Gasteiger partial charge in [0.25, 0.3) is 5.69 Å². The molecule has 0 radical (unpaired) electrons. The summed E-state index contributed by atoms with van der Waals surface area (Å²) < 4.78 is 18.9. The van der Waals surface area contributed by atoms with Crippen molar-refractivity contribution in [3.63, 3.8) is 0 Å². The van der Waals surface area contributed by atoms with Gasteiger partial charge in [-0.25, -0.2) is 4.39 Å². The van der Waals surface area contributed by atoms with Crippen LogP contribution in [-0.2, 0) is 6.61 Å². The van der Waals surface area contributed by atoms with Gasteiger partial charge >= 0.3 is 0 Å². The lowest BCUT2D eigenvalue weighted by atomic mass is 10.1. The van der Waals surface area contributed by atoms with Crippen LogP contribution in [0.1, 0.15) is 16.8 Å². The van der Waals surface area contributed by atoms with Crippen LogP contribution in [0.5, 0.6) is 5.75 Å². The summed E-state index contributed by atoms with van der Waals surface area (Å²) in [6.07, 6.45) is 1.45. The van der Waals surface area contributed by atoms with E-state index in [1.807, 2.05) is 0 Å². The van der Waals surface area contributed by atoms with E-state index in [1.165, 1.54) is 24.4 Å². The van der Waals surface area contributed by atoms with Crippen LogP contribution in [0.25, 0.3) is 0 Å². The van der Waals surface area contributed by atoms with Crippen LogP contribution in [0.15, 0.2) is 28.9 Å². The predicted octanol–water partition coefficient (Wildman–Crippen LogP) is 4.09. The summed E-state index contributed by atoms with van der Waals surface area (Å²) in [4.78, 5) is 14.8. The molecule has 1 heterocycles. The van der Waals surface area contributed by atoms with Crippen molar-refractivity contribution >= 4 is 21.6 Å². The third kappa shape index (κ3) is 3.36. The molecule has 0 aliphatic rings. The van der Waals surface area contributed by atoms with E-state index in [-0.39, 0.29) is 18.1 Å².